The molecule has 1 saturated heterocycles. The largest absolute Gasteiger partial charge is 0.487 e. The van der Waals surface area contributed by atoms with E-state index in [2.05, 4.69) is 61.2 Å². The molecule has 4 aromatic rings. The van der Waals surface area contributed by atoms with E-state index in [1.807, 2.05) is 25.3 Å². The van der Waals surface area contributed by atoms with Gasteiger partial charge >= 0.3 is 0 Å². The van der Waals surface area contributed by atoms with Crippen molar-refractivity contribution in [3.63, 3.8) is 0 Å². The molecule has 15 heteroatoms. The van der Waals surface area contributed by atoms with Crippen molar-refractivity contribution in [2.24, 2.45) is 5.92 Å². The summed E-state index contributed by atoms with van der Waals surface area (Å²) in [7, 11) is 1.70. The number of aromatic nitrogens is 8. The summed E-state index contributed by atoms with van der Waals surface area (Å²) in [5.74, 6) is 1.74. The smallest absolute Gasteiger partial charge is 0.256 e. The van der Waals surface area contributed by atoms with Crippen molar-refractivity contribution >= 4 is 23.2 Å². The second-order valence-corrected chi connectivity index (χ2v) is 13.8. The number of hydrogen-bond donors (Lipinski definition) is 1. The van der Waals surface area contributed by atoms with Crippen molar-refractivity contribution in [3.05, 3.63) is 48.1 Å². The lowest BCUT2D eigenvalue weighted by molar-refractivity contribution is -0.0852. The van der Waals surface area contributed by atoms with Gasteiger partial charge in [0.1, 0.15) is 23.9 Å². The Balaban J connectivity index is 1.13. The average molecular weight is 695 g/mol. The summed E-state index contributed by atoms with van der Waals surface area (Å²) in [4.78, 5) is 11.9. The van der Waals surface area contributed by atoms with E-state index in [0.29, 0.717) is 54.4 Å². The molecule has 0 bridgehead atoms. The summed E-state index contributed by atoms with van der Waals surface area (Å²) < 4.78 is 27.3. The third-order valence-corrected chi connectivity index (χ3v) is 9.30. The van der Waals surface area contributed by atoms with Gasteiger partial charge in [0.25, 0.3) is 5.88 Å². The van der Waals surface area contributed by atoms with E-state index < -0.39 is 0 Å². The van der Waals surface area contributed by atoms with Crippen molar-refractivity contribution in [2.45, 2.75) is 90.3 Å². The monoisotopic (exact) mass is 694 g/mol. The molecule has 1 aromatic carbocycles. The van der Waals surface area contributed by atoms with Crippen LogP contribution < -0.4 is 14.8 Å². The van der Waals surface area contributed by atoms with Gasteiger partial charge in [-0.05, 0) is 74.6 Å². The minimum Gasteiger partial charge on any atom is -0.487 e. The zero-order chi connectivity index (χ0) is 34.3. The van der Waals surface area contributed by atoms with Gasteiger partial charge in [0, 0.05) is 50.1 Å². The number of tetrazole rings is 1. The third kappa shape index (κ3) is 9.24. The van der Waals surface area contributed by atoms with E-state index in [1.54, 1.807) is 36.6 Å². The van der Waals surface area contributed by atoms with Crippen LogP contribution in [0, 0.1) is 5.92 Å². The minimum absolute atomic E-state index is 0.207. The summed E-state index contributed by atoms with van der Waals surface area (Å²) in [6, 6.07) is 6.48. The van der Waals surface area contributed by atoms with Crippen molar-refractivity contribution < 1.29 is 18.9 Å². The normalized spacial score (nSPS) is 22.8. The quantitative estimate of drug-likeness (QED) is 0.180. The Bertz CT molecular complexity index is 1600. The molecule has 0 amide bonds. The first-order chi connectivity index (χ1) is 23.7. The molecule has 6 rings (SSSR count). The van der Waals surface area contributed by atoms with Crippen LogP contribution in [-0.2, 0) is 16.0 Å². The maximum Gasteiger partial charge on any atom is 0.256 e. The Morgan fingerprint density at radius 3 is 2.43 bits per heavy atom. The van der Waals surface area contributed by atoms with Gasteiger partial charge in [-0.1, -0.05) is 24.6 Å². The molecular formula is C34H47ClN10O4. The third-order valence-electron chi connectivity index (χ3n) is 8.99. The highest BCUT2D eigenvalue weighted by atomic mass is 35.5. The highest BCUT2D eigenvalue weighted by Gasteiger charge is 2.32. The van der Waals surface area contributed by atoms with Gasteiger partial charge in [-0.15, -0.1) is 10.2 Å². The Morgan fingerprint density at radius 1 is 1.00 bits per heavy atom. The molecule has 1 N–H and O–H groups in total. The molecule has 1 saturated carbocycles. The molecule has 0 spiro atoms. The van der Waals surface area contributed by atoms with Crippen LogP contribution >= 0.6 is 11.6 Å². The van der Waals surface area contributed by atoms with Crippen LogP contribution in [0.1, 0.15) is 59.4 Å². The maximum atomic E-state index is 6.47. The highest BCUT2D eigenvalue weighted by molar-refractivity contribution is 6.32. The zero-order valence-electron chi connectivity index (χ0n) is 28.9. The van der Waals surface area contributed by atoms with Crippen LogP contribution in [0.2, 0.25) is 5.02 Å². The number of rotatable bonds is 14. The predicted molar refractivity (Wildman–Crippen MR) is 185 cm³/mol. The van der Waals surface area contributed by atoms with E-state index in [0.717, 1.165) is 55.6 Å². The van der Waals surface area contributed by atoms with E-state index in [1.165, 1.54) is 0 Å². The maximum absolute atomic E-state index is 6.47. The van der Waals surface area contributed by atoms with Gasteiger partial charge in [0.15, 0.2) is 0 Å². The van der Waals surface area contributed by atoms with E-state index >= 15 is 0 Å². The van der Waals surface area contributed by atoms with Gasteiger partial charge in [-0.2, -0.15) is 0 Å². The number of ether oxygens (including phenoxy) is 4. The molecule has 1 unspecified atom stereocenters. The molecule has 1 aliphatic heterocycles. The molecule has 2 aliphatic rings. The van der Waals surface area contributed by atoms with Crippen molar-refractivity contribution in [1.29, 1.82) is 0 Å². The summed E-state index contributed by atoms with van der Waals surface area (Å²) in [5, 5.41) is 20.0. The lowest BCUT2D eigenvalue weighted by Gasteiger charge is -2.42. The second kappa shape index (κ2) is 16.2. The molecule has 264 valence electrons. The number of nitrogens with one attached hydrogen (secondary N) is 1. The van der Waals surface area contributed by atoms with Gasteiger partial charge < -0.3 is 24.3 Å². The van der Waals surface area contributed by atoms with Gasteiger partial charge in [0.2, 0.25) is 5.95 Å². The Hall–Kier alpha value is -3.85. The zero-order valence-corrected chi connectivity index (χ0v) is 29.7. The molecular weight excluding hydrogens is 648 g/mol. The minimum atomic E-state index is -0.207. The molecule has 3 aromatic heterocycles. The van der Waals surface area contributed by atoms with Crippen LogP contribution in [0.3, 0.4) is 0 Å². The first-order valence-electron chi connectivity index (χ1n) is 17.1. The molecule has 0 radical (unpaired) electrons. The van der Waals surface area contributed by atoms with Crippen LogP contribution in [-0.4, -0.2) is 103 Å². The molecule has 49 heavy (non-hydrogen) atoms. The molecule has 4 atom stereocenters. The van der Waals surface area contributed by atoms with E-state index in [4.69, 9.17) is 35.6 Å². The van der Waals surface area contributed by atoms with Crippen LogP contribution in [0.15, 0.2) is 43.1 Å². The number of benzene rings is 1. The lowest BCUT2D eigenvalue weighted by atomic mass is 9.89. The Kier molecular flexibility index (Phi) is 11.6. The molecule has 1 aliphatic carbocycles. The van der Waals surface area contributed by atoms with Crippen LogP contribution in [0.25, 0.3) is 11.1 Å². The number of nitrogens with zero attached hydrogens (tertiary/aromatic N) is 9. The number of morpholine rings is 1. The predicted octanol–water partition coefficient (Wildman–Crippen LogP) is 5.45. The summed E-state index contributed by atoms with van der Waals surface area (Å²) in [5.41, 5.74) is 2.43. The lowest BCUT2D eigenvalue weighted by Crippen LogP contribution is -2.51. The fourth-order valence-electron chi connectivity index (χ4n) is 6.73. The summed E-state index contributed by atoms with van der Waals surface area (Å²) in [6.07, 6.45) is 11.8. The standard InChI is InChI=1S/C34H47ClN10O4/c1-22(19-46-5)20-47-33-31(18-45(40-33)29-9-7-28(8-10-29)43-15-23(2)48-24(3)16-43)39-34-36-13-27(14-37-34)26-6-11-30(35)32(12-26)49-25(4)17-44-21-38-41-42-44/h6,11-14,18,21-25,28-29H,7-10,15-17,19-20H2,1-5H3,(H,36,37,39)/t22?,23-,24+,25-,28?,29?/m0/s1. The molecule has 4 heterocycles. The molecule has 14 nitrogen and oxygen atoms in total. The fourth-order valence-corrected chi connectivity index (χ4v) is 6.89. The fraction of sp³-hybridized carbons (Fsp3) is 0.588. The highest BCUT2D eigenvalue weighted by Crippen LogP contribution is 2.36. The first-order valence-corrected chi connectivity index (χ1v) is 17.5. The molecule has 2 fully saturated rings. The van der Waals surface area contributed by atoms with Crippen LogP contribution in [0.5, 0.6) is 11.6 Å². The van der Waals surface area contributed by atoms with E-state index in [9.17, 15) is 0 Å². The number of halogens is 1. The Labute approximate surface area is 292 Å². The summed E-state index contributed by atoms with van der Waals surface area (Å²) >= 11 is 6.47. The topological polar surface area (TPSA) is 139 Å². The van der Waals surface area contributed by atoms with Crippen molar-refractivity contribution in [3.8, 4) is 22.8 Å². The number of methoxy groups -OCH3 is 1. The summed E-state index contributed by atoms with van der Waals surface area (Å²) in [6.45, 7) is 11.9. The Morgan fingerprint density at radius 2 is 1.73 bits per heavy atom. The van der Waals surface area contributed by atoms with Gasteiger partial charge in [-0.25, -0.2) is 14.6 Å². The second-order valence-electron chi connectivity index (χ2n) is 13.4. The SMILES string of the molecule is COCC(C)COc1nn(C2CCC(N3C[C@@H](C)O[C@@H](C)C3)CC2)cc1Nc1ncc(-c2ccc(Cl)c(O[C@@H](C)Cn3cnnn3)c2)cn1. The van der Waals surface area contributed by atoms with Crippen LogP contribution in [0.4, 0.5) is 11.6 Å². The van der Waals surface area contributed by atoms with E-state index in [-0.39, 0.29) is 24.2 Å². The first kappa shape index (κ1) is 35.0. The van der Waals surface area contributed by atoms with Gasteiger partial charge in [-0.3, -0.25) is 9.58 Å². The van der Waals surface area contributed by atoms with Gasteiger partial charge in [0.05, 0.1) is 49.2 Å². The average Bonchev–Trinajstić information content (AvgIpc) is 3.75. The number of hydrogen-bond acceptors (Lipinski definition) is 12. The number of anilines is 2. The van der Waals surface area contributed by atoms with Crippen molar-refractivity contribution in [2.75, 3.05) is 38.7 Å². The van der Waals surface area contributed by atoms with Crippen molar-refractivity contribution in [1.82, 2.24) is 44.9 Å².